The van der Waals surface area contributed by atoms with Gasteiger partial charge in [0.1, 0.15) is 5.82 Å². The van der Waals surface area contributed by atoms with Crippen molar-refractivity contribution >= 4 is 17.7 Å². The molecule has 0 bridgehead atoms. The number of carbonyl (C=O) groups is 2. The zero-order valence-corrected chi connectivity index (χ0v) is 27.3. The lowest BCUT2D eigenvalue weighted by Crippen LogP contribution is -2.23. The molecule has 0 amide bonds. The Morgan fingerprint density at radius 1 is 1.00 bits per heavy atom. The van der Waals surface area contributed by atoms with E-state index < -0.39 is 18.4 Å². The highest BCUT2D eigenvalue weighted by atomic mass is 16.8. The van der Waals surface area contributed by atoms with Gasteiger partial charge in [-0.2, -0.15) is 0 Å². The summed E-state index contributed by atoms with van der Waals surface area (Å²) in [6.45, 7) is 12.1. The van der Waals surface area contributed by atoms with Gasteiger partial charge in [-0.15, -0.1) is 5.10 Å². The highest BCUT2D eigenvalue weighted by Crippen LogP contribution is 2.37. The molecule has 0 saturated heterocycles. The zero-order chi connectivity index (χ0) is 32.8. The van der Waals surface area contributed by atoms with Crippen LogP contribution in [0.2, 0.25) is 0 Å². The number of tetrazole rings is 1. The minimum absolute atomic E-state index is 0.341. The van der Waals surface area contributed by atoms with E-state index in [1.165, 1.54) is 6.92 Å². The van der Waals surface area contributed by atoms with Crippen molar-refractivity contribution in [2.75, 3.05) is 0 Å². The van der Waals surface area contributed by atoms with Gasteiger partial charge in [0.2, 0.25) is 6.29 Å². The molecule has 0 fully saturated rings. The molecule has 2 heterocycles. The monoisotopic (exact) mass is 626 g/mol. The molecule has 0 radical (unpaired) electrons. The Hall–Kier alpha value is -4.80. The molecule has 2 unspecified atom stereocenters. The number of allylic oxidation sites excluding steroid dienone is 1. The van der Waals surface area contributed by atoms with Gasteiger partial charge >= 0.3 is 12.1 Å². The molecule has 46 heavy (non-hydrogen) atoms. The number of esters is 1. The number of aryl methyl sites for hydroxylation is 2. The van der Waals surface area contributed by atoms with Crippen molar-refractivity contribution in [3.8, 4) is 22.5 Å². The lowest BCUT2D eigenvalue weighted by Gasteiger charge is -2.21. The van der Waals surface area contributed by atoms with E-state index in [1.807, 2.05) is 18.2 Å². The van der Waals surface area contributed by atoms with Crippen LogP contribution >= 0.6 is 0 Å². The number of H-pyrrole nitrogens is 1. The van der Waals surface area contributed by atoms with Crippen LogP contribution in [0.1, 0.15) is 77.2 Å². The Morgan fingerprint density at radius 3 is 2.39 bits per heavy atom. The van der Waals surface area contributed by atoms with Crippen LogP contribution in [0.15, 0.2) is 54.6 Å². The fourth-order valence-corrected chi connectivity index (χ4v) is 5.93. The van der Waals surface area contributed by atoms with Crippen LogP contribution in [0.5, 0.6) is 0 Å². The number of nitrogens with zero attached hydrogens (tertiary/aromatic N) is 5. The summed E-state index contributed by atoms with van der Waals surface area (Å²) in [6, 6.07) is 16.5. The molecule has 1 aliphatic rings. The Labute approximate surface area is 269 Å². The van der Waals surface area contributed by atoms with E-state index in [9.17, 15) is 9.59 Å². The number of nitrogens with one attached hydrogen (secondary N) is 1. The van der Waals surface area contributed by atoms with Gasteiger partial charge in [0.15, 0.2) is 5.82 Å². The summed E-state index contributed by atoms with van der Waals surface area (Å²) in [6.07, 6.45) is 2.50. The summed E-state index contributed by atoms with van der Waals surface area (Å²) >= 11 is 0. The SMILES string of the molecule is CCc1nc2c(n1Cc1ccc(-c3ccccc3-c3nnn[nH]3)cc1)C(=CC(=O)OC(C)OC(=O)OC(C)C)CC(C(C)C)CC2. The van der Waals surface area contributed by atoms with Gasteiger partial charge in [-0.05, 0) is 77.6 Å². The molecule has 2 atom stereocenters. The van der Waals surface area contributed by atoms with E-state index in [0.29, 0.717) is 30.6 Å². The first kappa shape index (κ1) is 32.6. The second-order valence-corrected chi connectivity index (χ2v) is 12.2. The standard InChI is InChI=1S/C35H42N6O5/c1-7-31-36-30-17-16-26(21(2)3)18-27(19-32(42)45-23(6)46-35(43)44-22(4)5)33(30)41(31)20-24-12-14-25(15-13-24)28-10-8-9-11-29(28)34-37-39-40-38-34/h8-15,19,21-23,26H,7,16-18,20H2,1-6H3,(H,37,38,39,40). The third kappa shape index (κ3) is 7.70. The number of benzene rings is 2. The van der Waals surface area contributed by atoms with Gasteiger partial charge in [-0.3, -0.25) is 0 Å². The quantitative estimate of drug-likeness (QED) is 0.0874. The first-order chi connectivity index (χ1) is 22.1. The minimum Gasteiger partial charge on any atom is -0.431 e. The molecule has 11 nitrogen and oxygen atoms in total. The molecular weight excluding hydrogens is 584 g/mol. The van der Waals surface area contributed by atoms with Gasteiger partial charge < -0.3 is 18.8 Å². The predicted octanol–water partition coefficient (Wildman–Crippen LogP) is 6.78. The Bertz CT molecular complexity index is 1670. The molecule has 242 valence electrons. The Balaban J connectivity index is 1.44. The fraction of sp³-hybridized carbons (Fsp3) is 0.429. The normalized spacial score (nSPS) is 16.3. The number of aromatic nitrogens is 6. The summed E-state index contributed by atoms with van der Waals surface area (Å²) in [5.41, 5.74) is 6.95. The van der Waals surface area contributed by atoms with Crippen molar-refractivity contribution in [1.29, 1.82) is 0 Å². The minimum atomic E-state index is -1.10. The van der Waals surface area contributed by atoms with E-state index in [-0.39, 0.29) is 6.10 Å². The van der Waals surface area contributed by atoms with Crippen molar-refractivity contribution in [3.63, 3.8) is 0 Å². The van der Waals surface area contributed by atoms with Crippen LogP contribution < -0.4 is 0 Å². The van der Waals surface area contributed by atoms with Crippen LogP contribution in [0.25, 0.3) is 28.1 Å². The molecule has 4 aromatic rings. The summed E-state index contributed by atoms with van der Waals surface area (Å²) in [5, 5.41) is 14.4. The average Bonchev–Trinajstić information content (AvgIpc) is 3.63. The summed E-state index contributed by atoms with van der Waals surface area (Å²) < 4.78 is 17.8. The Kier molecular flexibility index (Phi) is 10.3. The maximum Gasteiger partial charge on any atom is 0.511 e. The van der Waals surface area contributed by atoms with E-state index in [4.69, 9.17) is 19.2 Å². The van der Waals surface area contributed by atoms with Gasteiger partial charge in [0.05, 0.1) is 17.5 Å². The molecule has 2 aromatic heterocycles. The molecule has 1 aliphatic carbocycles. The average molecular weight is 627 g/mol. The molecule has 0 aliphatic heterocycles. The fourth-order valence-electron chi connectivity index (χ4n) is 5.93. The molecule has 5 rings (SSSR count). The molecule has 0 saturated carbocycles. The molecular formula is C35H42N6O5. The smallest absolute Gasteiger partial charge is 0.431 e. The predicted molar refractivity (Wildman–Crippen MR) is 173 cm³/mol. The highest BCUT2D eigenvalue weighted by Gasteiger charge is 2.29. The lowest BCUT2D eigenvalue weighted by molar-refractivity contribution is -0.162. The molecule has 2 aromatic carbocycles. The maximum atomic E-state index is 13.2. The van der Waals surface area contributed by atoms with Gasteiger partial charge in [0, 0.05) is 31.5 Å². The number of aromatic amines is 1. The number of hydrogen-bond acceptors (Lipinski definition) is 9. The number of ether oxygens (including phenoxy) is 3. The number of carbonyl (C=O) groups excluding carboxylic acids is 2. The van der Waals surface area contributed by atoms with Crippen LogP contribution in [-0.2, 0) is 38.4 Å². The van der Waals surface area contributed by atoms with Gasteiger partial charge in [0.25, 0.3) is 0 Å². The number of hydrogen-bond donors (Lipinski definition) is 1. The number of imidazole rings is 1. The zero-order valence-electron chi connectivity index (χ0n) is 27.3. The third-order valence-corrected chi connectivity index (χ3v) is 8.22. The van der Waals surface area contributed by atoms with E-state index in [1.54, 1.807) is 19.9 Å². The third-order valence-electron chi connectivity index (χ3n) is 8.22. The first-order valence-electron chi connectivity index (χ1n) is 15.9. The van der Waals surface area contributed by atoms with E-state index in [2.05, 4.69) is 76.3 Å². The van der Waals surface area contributed by atoms with Crippen molar-refractivity contribution in [2.24, 2.45) is 11.8 Å². The van der Waals surface area contributed by atoms with Gasteiger partial charge in [-0.1, -0.05) is 69.3 Å². The van der Waals surface area contributed by atoms with Crippen LogP contribution in [0, 0.1) is 11.8 Å². The maximum absolute atomic E-state index is 13.2. The first-order valence-corrected chi connectivity index (χ1v) is 15.9. The van der Waals surface area contributed by atoms with Gasteiger partial charge in [-0.25, -0.2) is 19.7 Å². The summed E-state index contributed by atoms with van der Waals surface area (Å²) in [5.74, 6) is 1.81. The molecule has 11 heteroatoms. The Morgan fingerprint density at radius 2 is 1.74 bits per heavy atom. The second kappa shape index (κ2) is 14.5. The summed E-state index contributed by atoms with van der Waals surface area (Å²) in [7, 11) is 0. The van der Waals surface area contributed by atoms with Crippen molar-refractivity contribution in [1.82, 2.24) is 30.2 Å². The lowest BCUT2D eigenvalue weighted by atomic mass is 9.87. The number of rotatable bonds is 10. The van der Waals surface area contributed by atoms with Crippen LogP contribution in [0.3, 0.4) is 0 Å². The van der Waals surface area contributed by atoms with Crippen molar-refractivity contribution in [2.45, 2.75) is 86.2 Å². The second-order valence-electron chi connectivity index (χ2n) is 12.2. The van der Waals surface area contributed by atoms with Crippen LogP contribution in [0.4, 0.5) is 4.79 Å². The highest BCUT2D eigenvalue weighted by molar-refractivity contribution is 5.91. The van der Waals surface area contributed by atoms with E-state index in [0.717, 1.165) is 64.3 Å². The number of fused-ring (bicyclic) bond motifs is 1. The van der Waals surface area contributed by atoms with Crippen LogP contribution in [-0.4, -0.2) is 54.7 Å². The van der Waals surface area contributed by atoms with Crippen molar-refractivity contribution in [3.05, 3.63) is 77.4 Å². The molecule has 0 spiro atoms. The summed E-state index contributed by atoms with van der Waals surface area (Å²) in [4.78, 5) is 30.2. The largest absolute Gasteiger partial charge is 0.511 e. The molecule has 1 N–H and O–H groups in total. The topological polar surface area (TPSA) is 134 Å². The van der Waals surface area contributed by atoms with Crippen molar-refractivity contribution < 1.29 is 23.8 Å². The van der Waals surface area contributed by atoms with E-state index >= 15 is 0 Å².